The predicted molar refractivity (Wildman–Crippen MR) is 79.1 cm³/mol. The van der Waals surface area contributed by atoms with Crippen molar-refractivity contribution < 1.29 is 27.2 Å². The molecule has 0 radical (unpaired) electrons. The summed E-state index contributed by atoms with van der Waals surface area (Å²) in [7, 11) is -2.27. The van der Waals surface area contributed by atoms with Crippen molar-refractivity contribution >= 4 is 10.0 Å². The minimum atomic E-state index is -3.72. The van der Waals surface area contributed by atoms with Gasteiger partial charge in [-0.3, -0.25) is 0 Å². The van der Waals surface area contributed by atoms with Crippen LogP contribution in [-0.4, -0.2) is 33.9 Å². The molecule has 0 amide bonds. The number of benzene rings is 1. The first-order valence-electron chi connectivity index (χ1n) is 6.97. The van der Waals surface area contributed by atoms with Gasteiger partial charge in [0.1, 0.15) is 0 Å². The number of nitrogens with zero attached hydrogens (tertiary/aromatic N) is 1. The maximum Gasteiger partial charge on any atom is 0.254 e. The van der Waals surface area contributed by atoms with E-state index in [1.165, 1.54) is 25.3 Å². The van der Waals surface area contributed by atoms with E-state index in [0.717, 1.165) is 6.42 Å². The maximum absolute atomic E-state index is 12.4. The second kappa shape index (κ2) is 6.47. The molecule has 0 saturated carbocycles. The summed E-state index contributed by atoms with van der Waals surface area (Å²) in [6.07, 6.45) is 0.752. The van der Waals surface area contributed by atoms with Crippen LogP contribution in [-0.2, 0) is 16.6 Å². The summed E-state index contributed by atoms with van der Waals surface area (Å²) in [5.74, 6) is 1.60. The summed E-state index contributed by atoms with van der Waals surface area (Å²) in [5, 5.41) is 3.61. The van der Waals surface area contributed by atoms with Crippen LogP contribution in [0.3, 0.4) is 0 Å². The van der Waals surface area contributed by atoms with E-state index in [-0.39, 0.29) is 17.3 Å². The van der Waals surface area contributed by atoms with Crippen LogP contribution in [0.2, 0.25) is 0 Å². The van der Waals surface area contributed by atoms with E-state index in [2.05, 4.69) is 9.88 Å². The molecule has 1 N–H and O–H groups in total. The summed E-state index contributed by atoms with van der Waals surface area (Å²) in [6, 6.07) is 6.02. The molecule has 9 heteroatoms. The Hall–Kier alpha value is -2.26. The first-order valence-corrected chi connectivity index (χ1v) is 8.46. The zero-order valence-electron chi connectivity index (χ0n) is 12.4. The molecule has 3 rings (SSSR count). The standard InChI is InChI=1S/C14H16N2O6S/c1-19-14-7-10(22-16-14)9-15-23(17,18)11-3-4-12-13(8-11)21-6-2-5-20-12/h3-4,7-8,15H,2,5-6,9H2,1H3. The van der Waals surface area contributed by atoms with Crippen LogP contribution in [0.25, 0.3) is 0 Å². The number of hydrogen-bond acceptors (Lipinski definition) is 7. The Bertz CT molecular complexity index is 786. The van der Waals surface area contributed by atoms with Crippen molar-refractivity contribution in [1.82, 2.24) is 9.88 Å². The minimum absolute atomic E-state index is 0.0346. The summed E-state index contributed by atoms with van der Waals surface area (Å²) < 4.78 is 47.9. The third-order valence-electron chi connectivity index (χ3n) is 3.21. The van der Waals surface area contributed by atoms with Crippen LogP contribution < -0.4 is 18.9 Å². The Labute approximate surface area is 133 Å². The number of methoxy groups -OCH3 is 1. The second-order valence-electron chi connectivity index (χ2n) is 4.82. The van der Waals surface area contributed by atoms with E-state index >= 15 is 0 Å². The lowest BCUT2D eigenvalue weighted by atomic mass is 10.3. The van der Waals surface area contributed by atoms with E-state index in [9.17, 15) is 8.42 Å². The molecule has 1 aromatic carbocycles. The number of fused-ring (bicyclic) bond motifs is 1. The van der Waals surface area contributed by atoms with E-state index in [1.54, 1.807) is 6.07 Å². The highest BCUT2D eigenvalue weighted by atomic mass is 32.2. The summed E-state index contributed by atoms with van der Waals surface area (Å²) >= 11 is 0. The molecule has 0 aliphatic carbocycles. The summed E-state index contributed by atoms with van der Waals surface area (Å²) in [5.41, 5.74) is 0. The fourth-order valence-electron chi connectivity index (χ4n) is 2.03. The molecule has 0 unspecified atom stereocenters. The summed E-state index contributed by atoms with van der Waals surface area (Å²) in [6.45, 7) is 1.000. The molecule has 0 atom stereocenters. The van der Waals surface area contributed by atoms with Crippen molar-refractivity contribution in [1.29, 1.82) is 0 Å². The van der Waals surface area contributed by atoms with Crippen LogP contribution in [0, 0.1) is 0 Å². The highest BCUT2D eigenvalue weighted by Crippen LogP contribution is 2.31. The Morgan fingerprint density at radius 1 is 1.22 bits per heavy atom. The highest BCUT2D eigenvalue weighted by molar-refractivity contribution is 7.89. The highest BCUT2D eigenvalue weighted by Gasteiger charge is 2.19. The fraction of sp³-hybridized carbons (Fsp3) is 0.357. The summed E-state index contributed by atoms with van der Waals surface area (Å²) in [4.78, 5) is 0.0910. The van der Waals surface area contributed by atoms with Crippen molar-refractivity contribution in [3.63, 3.8) is 0 Å². The van der Waals surface area contributed by atoms with Gasteiger partial charge in [0.2, 0.25) is 10.0 Å². The average molecular weight is 340 g/mol. The molecule has 8 nitrogen and oxygen atoms in total. The molecule has 2 aromatic rings. The third kappa shape index (κ3) is 3.57. The quantitative estimate of drug-likeness (QED) is 0.876. The Kier molecular flexibility index (Phi) is 4.39. The lowest BCUT2D eigenvalue weighted by molar-refractivity contribution is 0.297. The van der Waals surface area contributed by atoms with Gasteiger partial charge in [-0.15, -0.1) is 0 Å². The molecule has 0 spiro atoms. The molecule has 0 saturated heterocycles. The lowest BCUT2D eigenvalue weighted by Gasteiger charge is -2.10. The van der Waals surface area contributed by atoms with Crippen molar-refractivity contribution in [3.8, 4) is 17.4 Å². The van der Waals surface area contributed by atoms with Crippen LogP contribution in [0.15, 0.2) is 33.7 Å². The number of ether oxygens (including phenoxy) is 3. The zero-order chi connectivity index (χ0) is 16.3. The lowest BCUT2D eigenvalue weighted by Crippen LogP contribution is -2.23. The Balaban J connectivity index is 1.75. The first kappa shape index (κ1) is 15.6. The molecule has 1 aliphatic heterocycles. The first-order chi connectivity index (χ1) is 11.1. The van der Waals surface area contributed by atoms with Gasteiger partial charge in [0.05, 0.1) is 31.8 Å². The van der Waals surface area contributed by atoms with Crippen molar-refractivity contribution in [2.24, 2.45) is 0 Å². The minimum Gasteiger partial charge on any atom is -0.490 e. The fourth-order valence-corrected chi connectivity index (χ4v) is 3.04. The SMILES string of the molecule is COc1cc(CNS(=O)(=O)c2ccc3c(c2)OCCCO3)on1. The molecule has 0 bridgehead atoms. The van der Waals surface area contributed by atoms with Gasteiger partial charge in [0, 0.05) is 18.6 Å². The predicted octanol–water partition coefficient (Wildman–Crippen LogP) is 1.32. The number of nitrogens with one attached hydrogen (secondary N) is 1. The van der Waals surface area contributed by atoms with Gasteiger partial charge in [0.25, 0.3) is 5.88 Å². The Morgan fingerprint density at radius 2 is 2.00 bits per heavy atom. The molecule has 1 aliphatic rings. The zero-order valence-corrected chi connectivity index (χ0v) is 13.3. The van der Waals surface area contributed by atoms with Gasteiger partial charge in [-0.25, -0.2) is 13.1 Å². The number of aromatic nitrogens is 1. The number of hydrogen-bond donors (Lipinski definition) is 1. The molecule has 124 valence electrons. The van der Waals surface area contributed by atoms with Gasteiger partial charge in [-0.2, -0.15) is 0 Å². The third-order valence-corrected chi connectivity index (χ3v) is 4.61. The van der Waals surface area contributed by atoms with Gasteiger partial charge in [0.15, 0.2) is 17.3 Å². The van der Waals surface area contributed by atoms with Crippen molar-refractivity contribution in [2.45, 2.75) is 17.9 Å². The molecule has 0 fully saturated rings. The van der Waals surface area contributed by atoms with E-state index in [0.29, 0.717) is 30.5 Å². The number of rotatable bonds is 5. The molecular formula is C14H16N2O6S. The molecule has 2 heterocycles. The maximum atomic E-state index is 12.4. The molecule has 1 aromatic heterocycles. The largest absolute Gasteiger partial charge is 0.490 e. The van der Waals surface area contributed by atoms with E-state index < -0.39 is 10.0 Å². The normalized spacial score (nSPS) is 14.3. The van der Waals surface area contributed by atoms with Gasteiger partial charge in [-0.1, -0.05) is 0 Å². The average Bonchev–Trinajstić information content (AvgIpc) is 2.89. The van der Waals surface area contributed by atoms with Crippen LogP contribution in [0.5, 0.6) is 17.4 Å². The monoisotopic (exact) mass is 340 g/mol. The molecule has 23 heavy (non-hydrogen) atoms. The number of sulfonamides is 1. The van der Waals surface area contributed by atoms with Crippen LogP contribution in [0.4, 0.5) is 0 Å². The van der Waals surface area contributed by atoms with Gasteiger partial charge < -0.3 is 18.7 Å². The van der Waals surface area contributed by atoms with E-state index in [4.69, 9.17) is 18.7 Å². The van der Waals surface area contributed by atoms with Crippen LogP contribution >= 0.6 is 0 Å². The van der Waals surface area contributed by atoms with Crippen molar-refractivity contribution in [3.05, 3.63) is 30.0 Å². The van der Waals surface area contributed by atoms with E-state index in [1.807, 2.05) is 0 Å². The van der Waals surface area contributed by atoms with Crippen molar-refractivity contribution in [2.75, 3.05) is 20.3 Å². The van der Waals surface area contributed by atoms with Crippen LogP contribution in [0.1, 0.15) is 12.2 Å². The topological polar surface area (TPSA) is 99.9 Å². The van der Waals surface area contributed by atoms with Gasteiger partial charge >= 0.3 is 0 Å². The smallest absolute Gasteiger partial charge is 0.254 e. The molecular weight excluding hydrogens is 324 g/mol. The second-order valence-corrected chi connectivity index (χ2v) is 6.59. The van der Waals surface area contributed by atoms with Gasteiger partial charge in [-0.05, 0) is 17.3 Å². The Morgan fingerprint density at radius 3 is 2.74 bits per heavy atom.